The van der Waals surface area contributed by atoms with E-state index in [2.05, 4.69) is 35.0 Å². The van der Waals surface area contributed by atoms with Gasteiger partial charge in [-0.1, -0.05) is 24.3 Å². The molecule has 2 nitrogen and oxygen atoms in total. The SMILES string of the molecule is C=CC1CCC(c2cccc(F)c2F)CC1.Cc1c(C2CC2)ccc2cncn12. The molecule has 0 aliphatic heterocycles. The van der Waals surface area contributed by atoms with Crippen molar-refractivity contribution in [3.8, 4) is 0 Å². The Morgan fingerprint density at radius 3 is 2.34 bits per heavy atom. The highest BCUT2D eigenvalue weighted by Gasteiger charge is 2.26. The molecule has 4 heteroatoms. The number of nitrogens with zero attached hydrogens (tertiary/aromatic N) is 2. The molecule has 152 valence electrons. The Hall–Kier alpha value is -2.49. The Labute approximate surface area is 171 Å². The summed E-state index contributed by atoms with van der Waals surface area (Å²) in [5.74, 6) is 0.152. The van der Waals surface area contributed by atoms with Crippen LogP contribution in [0.25, 0.3) is 5.52 Å². The van der Waals surface area contributed by atoms with Gasteiger partial charge in [-0.3, -0.25) is 0 Å². The standard InChI is InChI=1S/C14H16F2.C11H12N2/c1-2-10-6-8-11(9-7-10)12-4-3-5-13(15)14(12)16;1-8-11(9-2-3-9)5-4-10-6-12-7-13(8)10/h2-5,10-11H,1,6-9H2;4-7,9H,2-3H2,1H3. The number of aryl methyl sites for hydroxylation is 1. The van der Waals surface area contributed by atoms with Gasteiger partial charge in [0.15, 0.2) is 11.6 Å². The number of fused-ring (bicyclic) bond motifs is 1. The van der Waals surface area contributed by atoms with Crippen LogP contribution in [0.2, 0.25) is 0 Å². The molecular weight excluding hydrogens is 366 g/mol. The van der Waals surface area contributed by atoms with Crippen LogP contribution in [0.5, 0.6) is 0 Å². The van der Waals surface area contributed by atoms with Gasteiger partial charge in [-0.05, 0) is 86.5 Å². The van der Waals surface area contributed by atoms with Crippen molar-refractivity contribution in [2.45, 2.75) is 57.3 Å². The van der Waals surface area contributed by atoms with E-state index in [-0.39, 0.29) is 5.92 Å². The van der Waals surface area contributed by atoms with Crippen LogP contribution in [0.4, 0.5) is 8.78 Å². The molecule has 0 unspecified atom stereocenters. The van der Waals surface area contributed by atoms with Crippen LogP contribution >= 0.6 is 0 Å². The molecule has 0 saturated heterocycles. The quantitative estimate of drug-likeness (QED) is 0.440. The van der Waals surface area contributed by atoms with E-state index in [1.165, 1.54) is 35.7 Å². The second-order valence-corrected chi connectivity index (χ2v) is 8.33. The minimum atomic E-state index is -0.733. The summed E-state index contributed by atoms with van der Waals surface area (Å²) in [5.41, 5.74) is 4.60. The van der Waals surface area contributed by atoms with Gasteiger partial charge in [-0.2, -0.15) is 0 Å². The van der Waals surface area contributed by atoms with E-state index in [1.807, 2.05) is 18.6 Å². The number of halogens is 2. The summed E-state index contributed by atoms with van der Waals surface area (Å²) in [6, 6.07) is 8.89. The third-order valence-corrected chi connectivity index (χ3v) is 6.42. The van der Waals surface area contributed by atoms with Gasteiger partial charge in [-0.15, -0.1) is 6.58 Å². The molecule has 0 amide bonds. The lowest BCUT2D eigenvalue weighted by Crippen LogP contribution is -2.13. The first-order chi connectivity index (χ1) is 14.1. The summed E-state index contributed by atoms with van der Waals surface area (Å²) in [6.07, 6.45) is 12.4. The molecule has 0 radical (unpaired) electrons. The number of pyridine rings is 1. The van der Waals surface area contributed by atoms with Gasteiger partial charge in [0.1, 0.15) is 0 Å². The summed E-state index contributed by atoms with van der Waals surface area (Å²) in [7, 11) is 0. The van der Waals surface area contributed by atoms with Gasteiger partial charge in [0, 0.05) is 5.69 Å². The Morgan fingerprint density at radius 2 is 1.66 bits per heavy atom. The average molecular weight is 395 g/mol. The van der Waals surface area contributed by atoms with Gasteiger partial charge in [-0.25, -0.2) is 13.8 Å². The lowest BCUT2D eigenvalue weighted by atomic mass is 9.78. The van der Waals surface area contributed by atoms with Crippen molar-refractivity contribution in [3.05, 3.63) is 84.0 Å². The van der Waals surface area contributed by atoms with E-state index >= 15 is 0 Å². The first-order valence-corrected chi connectivity index (χ1v) is 10.6. The fourth-order valence-electron chi connectivity index (χ4n) is 4.47. The third-order valence-electron chi connectivity index (χ3n) is 6.42. The smallest absolute Gasteiger partial charge is 0.162 e. The van der Waals surface area contributed by atoms with Crippen molar-refractivity contribution in [1.29, 1.82) is 0 Å². The van der Waals surface area contributed by atoms with Crippen LogP contribution in [0.1, 0.15) is 67.2 Å². The maximum Gasteiger partial charge on any atom is 0.162 e. The second kappa shape index (κ2) is 8.48. The van der Waals surface area contributed by atoms with E-state index in [4.69, 9.17) is 0 Å². The van der Waals surface area contributed by atoms with Gasteiger partial charge < -0.3 is 4.40 Å². The molecule has 2 fully saturated rings. The largest absolute Gasteiger partial charge is 0.303 e. The van der Waals surface area contributed by atoms with Crippen molar-refractivity contribution < 1.29 is 8.78 Å². The molecule has 0 bridgehead atoms. The predicted octanol–water partition coefficient (Wildman–Crippen LogP) is 6.94. The molecule has 0 spiro atoms. The maximum absolute atomic E-state index is 13.6. The van der Waals surface area contributed by atoms with Gasteiger partial charge in [0.05, 0.1) is 18.0 Å². The number of imidazole rings is 1. The number of hydrogen-bond acceptors (Lipinski definition) is 1. The lowest BCUT2D eigenvalue weighted by molar-refractivity contribution is 0.364. The number of rotatable bonds is 3. The summed E-state index contributed by atoms with van der Waals surface area (Å²) < 4.78 is 28.8. The Balaban J connectivity index is 0.000000144. The van der Waals surface area contributed by atoms with Crippen molar-refractivity contribution in [1.82, 2.24) is 9.38 Å². The summed E-state index contributed by atoms with van der Waals surface area (Å²) in [4.78, 5) is 4.15. The molecular formula is C25H28F2N2. The van der Waals surface area contributed by atoms with Crippen molar-refractivity contribution in [3.63, 3.8) is 0 Å². The molecule has 0 N–H and O–H groups in total. The molecule has 2 heterocycles. The molecule has 29 heavy (non-hydrogen) atoms. The zero-order chi connectivity index (χ0) is 20.4. The van der Waals surface area contributed by atoms with Crippen molar-refractivity contribution >= 4 is 5.52 Å². The van der Waals surface area contributed by atoms with E-state index < -0.39 is 11.6 Å². The topological polar surface area (TPSA) is 17.3 Å². The fraction of sp³-hybridized carbons (Fsp3) is 0.400. The Morgan fingerprint density at radius 1 is 0.966 bits per heavy atom. The summed E-state index contributed by atoms with van der Waals surface area (Å²) >= 11 is 0. The molecule has 0 atom stereocenters. The average Bonchev–Trinajstić information content (AvgIpc) is 3.47. The van der Waals surface area contributed by atoms with Crippen LogP contribution in [-0.4, -0.2) is 9.38 Å². The molecule has 2 aliphatic rings. The van der Waals surface area contributed by atoms with E-state index in [9.17, 15) is 8.78 Å². The normalized spacial score (nSPS) is 21.5. The Bertz CT molecular complexity index is 995. The van der Waals surface area contributed by atoms with Crippen LogP contribution < -0.4 is 0 Å². The van der Waals surface area contributed by atoms with Gasteiger partial charge in [0.2, 0.25) is 0 Å². The first kappa shape index (κ1) is 19.8. The van der Waals surface area contributed by atoms with Gasteiger partial charge >= 0.3 is 0 Å². The monoisotopic (exact) mass is 394 g/mol. The minimum Gasteiger partial charge on any atom is -0.303 e. The molecule has 3 aromatic rings. The Kier molecular flexibility index (Phi) is 5.79. The van der Waals surface area contributed by atoms with Crippen LogP contribution in [0, 0.1) is 24.5 Å². The van der Waals surface area contributed by atoms with E-state index in [1.54, 1.807) is 12.1 Å². The zero-order valence-corrected chi connectivity index (χ0v) is 17.0. The zero-order valence-electron chi connectivity index (χ0n) is 17.0. The minimum absolute atomic E-state index is 0.173. The number of hydrogen-bond donors (Lipinski definition) is 0. The lowest BCUT2D eigenvalue weighted by Gasteiger charge is -2.27. The molecule has 5 rings (SSSR count). The first-order valence-electron chi connectivity index (χ1n) is 10.6. The number of allylic oxidation sites excluding steroid dienone is 1. The second-order valence-electron chi connectivity index (χ2n) is 8.33. The highest BCUT2D eigenvalue weighted by atomic mass is 19.2. The summed E-state index contributed by atoms with van der Waals surface area (Å²) in [6.45, 7) is 5.96. The highest BCUT2D eigenvalue weighted by Crippen LogP contribution is 2.41. The van der Waals surface area contributed by atoms with E-state index in [0.29, 0.717) is 11.5 Å². The maximum atomic E-state index is 13.6. The number of aromatic nitrogens is 2. The van der Waals surface area contributed by atoms with E-state index in [0.717, 1.165) is 31.6 Å². The molecule has 2 saturated carbocycles. The van der Waals surface area contributed by atoms with Crippen LogP contribution in [0.3, 0.4) is 0 Å². The van der Waals surface area contributed by atoms with Crippen molar-refractivity contribution in [2.24, 2.45) is 5.92 Å². The van der Waals surface area contributed by atoms with Crippen LogP contribution in [-0.2, 0) is 0 Å². The van der Waals surface area contributed by atoms with Crippen LogP contribution in [0.15, 0.2) is 55.5 Å². The molecule has 2 aliphatic carbocycles. The molecule has 1 aromatic carbocycles. The summed E-state index contributed by atoms with van der Waals surface area (Å²) in [5, 5.41) is 0. The third kappa shape index (κ3) is 4.26. The highest BCUT2D eigenvalue weighted by molar-refractivity contribution is 5.49. The fourth-order valence-corrected chi connectivity index (χ4v) is 4.47. The van der Waals surface area contributed by atoms with Crippen molar-refractivity contribution in [2.75, 3.05) is 0 Å². The number of benzene rings is 1. The predicted molar refractivity (Wildman–Crippen MR) is 113 cm³/mol. The van der Waals surface area contributed by atoms with Gasteiger partial charge in [0.25, 0.3) is 0 Å². The molecule has 2 aromatic heterocycles.